The first-order valence-corrected chi connectivity index (χ1v) is 9.06. The van der Waals surface area contributed by atoms with Gasteiger partial charge in [0.1, 0.15) is 0 Å². The number of hydrogen-bond donors (Lipinski definition) is 2. The monoisotopic (exact) mass is 376 g/mol. The Morgan fingerprint density at radius 1 is 0.821 bits per heavy atom. The first-order chi connectivity index (χ1) is 13.7. The molecule has 0 spiro atoms. The van der Waals surface area contributed by atoms with Gasteiger partial charge in [-0.05, 0) is 41.0 Å². The summed E-state index contributed by atoms with van der Waals surface area (Å²) in [7, 11) is 3.19. The molecule has 0 bridgehead atoms. The number of rotatable bonds is 8. The number of benzene rings is 3. The fourth-order valence-corrected chi connectivity index (χ4v) is 2.85. The summed E-state index contributed by atoms with van der Waals surface area (Å²) in [5.74, 6) is 1.23. The van der Waals surface area contributed by atoms with E-state index in [2.05, 4.69) is 22.8 Å². The molecule has 0 heterocycles. The second-order valence-electron chi connectivity index (χ2n) is 6.26. The second kappa shape index (κ2) is 9.46. The summed E-state index contributed by atoms with van der Waals surface area (Å²) in [6, 6.07) is 23.8. The number of carbonyl (C=O) groups is 1. The van der Waals surface area contributed by atoms with E-state index in [1.54, 1.807) is 14.2 Å². The molecule has 0 fully saturated rings. The average molecular weight is 376 g/mol. The molecule has 0 saturated carbocycles. The third kappa shape index (κ3) is 5.04. The average Bonchev–Trinajstić information content (AvgIpc) is 2.77. The first-order valence-electron chi connectivity index (χ1n) is 9.06. The third-order valence-electron chi connectivity index (χ3n) is 4.38. The lowest BCUT2D eigenvalue weighted by molar-refractivity contribution is -0.119. The number of amides is 1. The predicted octanol–water partition coefficient (Wildman–Crippen LogP) is 4.10. The molecule has 0 radical (unpaired) electrons. The van der Waals surface area contributed by atoms with Crippen molar-refractivity contribution in [1.82, 2.24) is 5.32 Å². The summed E-state index contributed by atoms with van der Waals surface area (Å²) in [6.07, 6.45) is 0. The predicted molar refractivity (Wildman–Crippen MR) is 112 cm³/mol. The van der Waals surface area contributed by atoms with E-state index >= 15 is 0 Å². The van der Waals surface area contributed by atoms with Crippen molar-refractivity contribution in [1.29, 1.82) is 0 Å². The van der Waals surface area contributed by atoms with Crippen molar-refractivity contribution >= 4 is 11.6 Å². The van der Waals surface area contributed by atoms with Crippen LogP contribution in [0.15, 0.2) is 72.8 Å². The summed E-state index contributed by atoms with van der Waals surface area (Å²) in [5.41, 5.74) is 4.16. The van der Waals surface area contributed by atoms with E-state index in [-0.39, 0.29) is 12.5 Å². The highest BCUT2D eigenvalue weighted by Gasteiger charge is 2.06. The lowest BCUT2D eigenvalue weighted by Gasteiger charge is -2.11. The third-order valence-corrected chi connectivity index (χ3v) is 4.38. The van der Waals surface area contributed by atoms with Crippen LogP contribution in [0.1, 0.15) is 5.56 Å². The minimum Gasteiger partial charge on any atom is -0.493 e. The number of methoxy groups -OCH3 is 2. The van der Waals surface area contributed by atoms with Gasteiger partial charge in [0.05, 0.1) is 20.8 Å². The zero-order valence-corrected chi connectivity index (χ0v) is 16.1. The van der Waals surface area contributed by atoms with E-state index in [0.717, 1.165) is 16.8 Å². The van der Waals surface area contributed by atoms with Crippen molar-refractivity contribution < 1.29 is 14.3 Å². The van der Waals surface area contributed by atoms with Crippen molar-refractivity contribution in [3.8, 4) is 22.6 Å². The Morgan fingerprint density at radius 2 is 1.50 bits per heavy atom. The van der Waals surface area contributed by atoms with E-state index in [1.807, 2.05) is 60.7 Å². The van der Waals surface area contributed by atoms with E-state index < -0.39 is 0 Å². The van der Waals surface area contributed by atoms with Crippen molar-refractivity contribution in [2.45, 2.75) is 6.54 Å². The molecule has 144 valence electrons. The van der Waals surface area contributed by atoms with Crippen LogP contribution >= 0.6 is 0 Å². The summed E-state index contributed by atoms with van der Waals surface area (Å²) >= 11 is 0. The number of hydrogen-bond acceptors (Lipinski definition) is 4. The summed E-state index contributed by atoms with van der Waals surface area (Å²) < 4.78 is 10.5. The molecule has 28 heavy (non-hydrogen) atoms. The molecule has 0 aliphatic rings. The van der Waals surface area contributed by atoms with Gasteiger partial charge in [-0.1, -0.05) is 48.5 Å². The van der Waals surface area contributed by atoms with Crippen LogP contribution in [-0.2, 0) is 11.3 Å². The highest BCUT2D eigenvalue weighted by molar-refractivity contribution is 5.80. The van der Waals surface area contributed by atoms with Gasteiger partial charge in [-0.3, -0.25) is 4.79 Å². The molecule has 0 saturated heterocycles. The molecule has 2 N–H and O–H groups in total. The highest BCUT2D eigenvalue weighted by Crippen LogP contribution is 2.27. The van der Waals surface area contributed by atoms with Gasteiger partial charge in [-0.15, -0.1) is 0 Å². The smallest absolute Gasteiger partial charge is 0.239 e. The van der Waals surface area contributed by atoms with Crippen molar-refractivity contribution in [2.75, 3.05) is 26.1 Å². The van der Waals surface area contributed by atoms with Gasteiger partial charge in [-0.25, -0.2) is 0 Å². The molecule has 3 rings (SSSR count). The molecular weight excluding hydrogens is 352 g/mol. The minimum atomic E-state index is -0.0816. The van der Waals surface area contributed by atoms with Crippen LogP contribution in [0.2, 0.25) is 0 Å². The van der Waals surface area contributed by atoms with Gasteiger partial charge in [0.15, 0.2) is 11.5 Å². The molecule has 3 aromatic carbocycles. The zero-order chi connectivity index (χ0) is 19.8. The maximum absolute atomic E-state index is 12.1. The largest absolute Gasteiger partial charge is 0.493 e. The van der Waals surface area contributed by atoms with Crippen LogP contribution < -0.4 is 20.1 Å². The Hall–Kier alpha value is -3.47. The fourth-order valence-electron chi connectivity index (χ4n) is 2.85. The van der Waals surface area contributed by atoms with Crippen LogP contribution in [0.4, 0.5) is 5.69 Å². The van der Waals surface area contributed by atoms with E-state index in [0.29, 0.717) is 18.0 Å². The number of carbonyl (C=O) groups excluding carboxylic acids is 1. The minimum absolute atomic E-state index is 0.0816. The van der Waals surface area contributed by atoms with Gasteiger partial charge in [0, 0.05) is 12.2 Å². The fraction of sp³-hybridized carbons (Fsp3) is 0.174. The molecular formula is C23H24N2O3. The molecule has 3 aromatic rings. The molecule has 0 aliphatic heterocycles. The maximum Gasteiger partial charge on any atom is 0.239 e. The quantitative estimate of drug-likeness (QED) is 0.621. The Balaban J connectivity index is 1.49. The lowest BCUT2D eigenvalue weighted by atomic mass is 10.1. The summed E-state index contributed by atoms with van der Waals surface area (Å²) in [6.45, 7) is 0.631. The summed E-state index contributed by atoms with van der Waals surface area (Å²) in [4.78, 5) is 12.1. The number of anilines is 1. The van der Waals surface area contributed by atoms with Crippen LogP contribution in [0.25, 0.3) is 11.1 Å². The normalized spacial score (nSPS) is 10.2. The Labute approximate surface area is 165 Å². The van der Waals surface area contributed by atoms with Crippen LogP contribution in [0.3, 0.4) is 0 Å². The highest BCUT2D eigenvalue weighted by atomic mass is 16.5. The Bertz CT molecular complexity index is 909. The van der Waals surface area contributed by atoms with Crippen molar-refractivity contribution in [3.63, 3.8) is 0 Å². The van der Waals surface area contributed by atoms with Crippen LogP contribution in [-0.4, -0.2) is 26.7 Å². The van der Waals surface area contributed by atoms with Gasteiger partial charge in [0.2, 0.25) is 5.91 Å². The van der Waals surface area contributed by atoms with Crippen molar-refractivity contribution in [2.24, 2.45) is 0 Å². The second-order valence-corrected chi connectivity index (χ2v) is 6.26. The van der Waals surface area contributed by atoms with Crippen molar-refractivity contribution in [3.05, 3.63) is 78.4 Å². The number of nitrogens with one attached hydrogen (secondary N) is 2. The topological polar surface area (TPSA) is 59.6 Å². The number of ether oxygens (including phenoxy) is 2. The van der Waals surface area contributed by atoms with E-state index in [4.69, 9.17) is 9.47 Å². The molecule has 1 amide bonds. The molecule has 5 heteroatoms. The van der Waals surface area contributed by atoms with E-state index in [1.165, 1.54) is 5.56 Å². The summed E-state index contributed by atoms with van der Waals surface area (Å²) in [5, 5.41) is 6.04. The standard InChI is InChI=1S/C23H24N2O3/c1-27-21-13-8-17(14-22(21)28-2)15-25-23(26)16-24-20-11-9-19(10-12-20)18-6-4-3-5-7-18/h3-14,24H,15-16H2,1-2H3,(H,25,26). The molecule has 0 aliphatic carbocycles. The first kappa shape index (κ1) is 19.3. The zero-order valence-electron chi connectivity index (χ0n) is 16.1. The van der Waals surface area contributed by atoms with Gasteiger partial charge in [0.25, 0.3) is 0 Å². The van der Waals surface area contributed by atoms with Gasteiger partial charge < -0.3 is 20.1 Å². The van der Waals surface area contributed by atoms with Crippen LogP contribution in [0.5, 0.6) is 11.5 Å². The van der Waals surface area contributed by atoms with Gasteiger partial charge >= 0.3 is 0 Å². The van der Waals surface area contributed by atoms with Gasteiger partial charge in [-0.2, -0.15) is 0 Å². The molecule has 0 unspecified atom stereocenters. The van der Waals surface area contributed by atoms with Crippen LogP contribution in [0, 0.1) is 0 Å². The Kier molecular flexibility index (Phi) is 6.52. The van der Waals surface area contributed by atoms with E-state index in [9.17, 15) is 4.79 Å². The Morgan fingerprint density at radius 3 is 2.18 bits per heavy atom. The SMILES string of the molecule is COc1ccc(CNC(=O)CNc2ccc(-c3ccccc3)cc2)cc1OC. The molecule has 5 nitrogen and oxygen atoms in total. The molecule has 0 aromatic heterocycles. The maximum atomic E-state index is 12.1. The molecule has 0 atom stereocenters. The lowest BCUT2D eigenvalue weighted by Crippen LogP contribution is -2.29.